The minimum absolute atomic E-state index is 0.00375. The number of benzene rings is 1. The first kappa shape index (κ1) is 15.1. The van der Waals surface area contributed by atoms with Crippen LogP contribution in [0.5, 0.6) is 0 Å². The highest BCUT2D eigenvalue weighted by Crippen LogP contribution is 2.22. The van der Waals surface area contributed by atoms with Crippen molar-refractivity contribution in [3.8, 4) is 0 Å². The summed E-state index contributed by atoms with van der Waals surface area (Å²) in [6.45, 7) is 0.339. The zero-order valence-electron chi connectivity index (χ0n) is 13.2. The number of aromatic nitrogens is 3. The van der Waals surface area contributed by atoms with Crippen molar-refractivity contribution in [1.82, 2.24) is 20.1 Å². The van der Waals surface area contributed by atoms with Crippen LogP contribution in [0.15, 0.2) is 64.1 Å². The molecule has 1 aromatic carbocycles. The van der Waals surface area contributed by atoms with Crippen molar-refractivity contribution in [1.29, 1.82) is 0 Å². The minimum Gasteiger partial charge on any atom is -0.422 e. The summed E-state index contributed by atoms with van der Waals surface area (Å²) in [6, 6.07) is 12.7. The number of amides is 1. The Morgan fingerprint density at radius 1 is 1.12 bits per heavy atom. The van der Waals surface area contributed by atoms with Gasteiger partial charge in [0.2, 0.25) is 5.91 Å². The van der Waals surface area contributed by atoms with E-state index in [1.165, 1.54) is 10.9 Å². The van der Waals surface area contributed by atoms with E-state index in [1.807, 2.05) is 30.3 Å². The SMILES string of the molecule is O=C(Cn1ncc2c(=O)oc3ccccc3c21)NCc1ccccn1. The summed E-state index contributed by atoms with van der Waals surface area (Å²) in [5.74, 6) is -0.215. The first-order valence-corrected chi connectivity index (χ1v) is 7.76. The van der Waals surface area contributed by atoms with Gasteiger partial charge in [-0.15, -0.1) is 0 Å². The van der Waals surface area contributed by atoms with Crippen molar-refractivity contribution in [3.63, 3.8) is 0 Å². The molecule has 0 aliphatic carbocycles. The molecule has 0 radical (unpaired) electrons. The first-order chi connectivity index (χ1) is 12.2. The first-order valence-electron chi connectivity index (χ1n) is 7.76. The molecule has 0 aliphatic heterocycles. The zero-order chi connectivity index (χ0) is 17.2. The van der Waals surface area contributed by atoms with Gasteiger partial charge in [-0.3, -0.25) is 14.5 Å². The lowest BCUT2D eigenvalue weighted by molar-refractivity contribution is -0.121. The van der Waals surface area contributed by atoms with E-state index in [2.05, 4.69) is 15.4 Å². The van der Waals surface area contributed by atoms with Crippen LogP contribution in [0.1, 0.15) is 5.69 Å². The Kier molecular flexibility index (Phi) is 3.74. The Morgan fingerprint density at radius 2 is 1.96 bits per heavy atom. The van der Waals surface area contributed by atoms with E-state index in [1.54, 1.807) is 18.3 Å². The Hall–Kier alpha value is -3.48. The van der Waals surface area contributed by atoms with Crippen LogP contribution in [0.25, 0.3) is 21.9 Å². The maximum atomic E-state index is 12.2. The highest BCUT2D eigenvalue weighted by atomic mass is 16.4. The summed E-state index contributed by atoms with van der Waals surface area (Å²) < 4.78 is 6.80. The normalized spacial score (nSPS) is 11.0. The van der Waals surface area contributed by atoms with Crippen LogP contribution < -0.4 is 10.9 Å². The average molecular weight is 334 g/mol. The van der Waals surface area contributed by atoms with Crippen LogP contribution in [0.4, 0.5) is 0 Å². The molecule has 3 aromatic heterocycles. The molecule has 0 atom stereocenters. The second kappa shape index (κ2) is 6.20. The monoisotopic (exact) mass is 334 g/mol. The van der Waals surface area contributed by atoms with E-state index in [0.717, 1.165) is 11.1 Å². The second-order valence-corrected chi connectivity index (χ2v) is 5.55. The number of pyridine rings is 1. The van der Waals surface area contributed by atoms with E-state index in [9.17, 15) is 9.59 Å². The van der Waals surface area contributed by atoms with Gasteiger partial charge in [-0.25, -0.2) is 4.79 Å². The summed E-state index contributed by atoms with van der Waals surface area (Å²) in [4.78, 5) is 28.5. The standard InChI is InChI=1S/C18H14N4O3/c23-16(20-9-12-5-3-4-8-19-12)11-22-17-13-6-1-2-7-15(13)25-18(24)14(17)10-21-22/h1-8,10H,9,11H2,(H,20,23). The van der Waals surface area contributed by atoms with Crippen LogP contribution >= 0.6 is 0 Å². The number of carbonyl (C=O) groups excluding carboxylic acids is 1. The van der Waals surface area contributed by atoms with Crippen molar-refractivity contribution in [2.45, 2.75) is 13.1 Å². The smallest absolute Gasteiger partial charge is 0.347 e. The number of hydrogen-bond acceptors (Lipinski definition) is 5. The molecule has 7 heteroatoms. The summed E-state index contributed by atoms with van der Waals surface area (Å²) in [5.41, 5.74) is 1.37. The maximum Gasteiger partial charge on any atom is 0.347 e. The third-order valence-electron chi connectivity index (χ3n) is 3.89. The molecule has 1 N–H and O–H groups in total. The molecule has 25 heavy (non-hydrogen) atoms. The number of hydrogen-bond donors (Lipinski definition) is 1. The number of nitrogens with one attached hydrogen (secondary N) is 1. The van der Waals surface area contributed by atoms with Crippen LogP contribution in [-0.2, 0) is 17.9 Å². The number of para-hydroxylation sites is 1. The van der Waals surface area contributed by atoms with E-state index < -0.39 is 5.63 Å². The van der Waals surface area contributed by atoms with Gasteiger partial charge in [0.1, 0.15) is 17.5 Å². The lowest BCUT2D eigenvalue weighted by Gasteiger charge is -2.07. The van der Waals surface area contributed by atoms with Crippen LogP contribution in [0, 0.1) is 0 Å². The van der Waals surface area contributed by atoms with Gasteiger partial charge < -0.3 is 9.73 Å². The van der Waals surface area contributed by atoms with Crippen molar-refractivity contribution in [2.75, 3.05) is 0 Å². The van der Waals surface area contributed by atoms with E-state index in [-0.39, 0.29) is 12.5 Å². The average Bonchev–Trinajstić information content (AvgIpc) is 3.06. The summed E-state index contributed by atoms with van der Waals surface area (Å²) in [6.07, 6.45) is 3.10. The molecule has 0 aliphatic rings. The molecular formula is C18H14N4O3. The van der Waals surface area contributed by atoms with Gasteiger partial charge in [0.15, 0.2) is 0 Å². The number of nitrogens with zero attached hydrogens (tertiary/aromatic N) is 3. The zero-order valence-corrected chi connectivity index (χ0v) is 13.2. The Labute approximate surface area is 141 Å². The third kappa shape index (κ3) is 2.87. The lowest BCUT2D eigenvalue weighted by Crippen LogP contribution is -2.27. The second-order valence-electron chi connectivity index (χ2n) is 5.55. The van der Waals surface area contributed by atoms with Crippen molar-refractivity contribution < 1.29 is 9.21 Å². The topological polar surface area (TPSA) is 90.0 Å². The summed E-state index contributed by atoms with van der Waals surface area (Å²) in [7, 11) is 0. The molecule has 7 nitrogen and oxygen atoms in total. The van der Waals surface area contributed by atoms with Gasteiger partial charge in [-0.05, 0) is 24.3 Å². The van der Waals surface area contributed by atoms with Gasteiger partial charge in [-0.1, -0.05) is 18.2 Å². The summed E-state index contributed by atoms with van der Waals surface area (Å²) in [5, 5.41) is 8.08. The number of rotatable bonds is 4. The van der Waals surface area contributed by atoms with Crippen molar-refractivity contribution >= 4 is 27.8 Å². The molecule has 0 bridgehead atoms. The van der Waals surface area contributed by atoms with Gasteiger partial charge in [0, 0.05) is 11.6 Å². The van der Waals surface area contributed by atoms with Gasteiger partial charge >= 0.3 is 5.63 Å². The molecule has 124 valence electrons. The van der Waals surface area contributed by atoms with Gasteiger partial charge in [0.25, 0.3) is 0 Å². The molecule has 0 unspecified atom stereocenters. The van der Waals surface area contributed by atoms with Crippen LogP contribution in [0.2, 0.25) is 0 Å². The quantitative estimate of drug-likeness (QED) is 0.575. The highest BCUT2D eigenvalue weighted by molar-refractivity contribution is 6.02. The molecule has 0 spiro atoms. The van der Waals surface area contributed by atoms with Gasteiger partial charge in [0.05, 0.1) is 24.0 Å². The van der Waals surface area contributed by atoms with Crippen molar-refractivity contribution in [2.24, 2.45) is 0 Å². The van der Waals surface area contributed by atoms with Crippen molar-refractivity contribution in [3.05, 3.63) is 71.0 Å². The molecule has 4 aromatic rings. The Morgan fingerprint density at radius 3 is 2.80 bits per heavy atom. The lowest BCUT2D eigenvalue weighted by atomic mass is 10.2. The summed E-state index contributed by atoms with van der Waals surface area (Å²) >= 11 is 0. The van der Waals surface area contributed by atoms with E-state index in [0.29, 0.717) is 23.0 Å². The molecule has 4 rings (SSSR count). The predicted molar refractivity (Wildman–Crippen MR) is 91.9 cm³/mol. The van der Waals surface area contributed by atoms with Gasteiger partial charge in [-0.2, -0.15) is 5.10 Å². The fourth-order valence-corrected chi connectivity index (χ4v) is 2.73. The minimum atomic E-state index is -0.464. The molecule has 0 saturated heterocycles. The van der Waals surface area contributed by atoms with E-state index in [4.69, 9.17) is 4.42 Å². The number of fused-ring (bicyclic) bond motifs is 3. The largest absolute Gasteiger partial charge is 0.422 e. The predicted octanol–water partition coefficient (Wildman–Crippen LogP) is 1.85. The van der Waals surface area contributed by atoms with E-state index >= 15 is 0 Å². The highest BCUT2D eigenvalue weighted by Gasteiger charge is 2.14. The fourth-order valence-electron chi connectivity index (χ4n) is 2.73. The Balaban J connectivity index is 1.63. The maximum absolute atomic E-state index is 12.2. The number of carbonyl (C=O) groups is 1. The molecule has 0 fully saturated rings. The fraction of sp³-hybridized carbons (Fsp3) is 0.111. The van der Waals surface area contributed by atoms with Crippen LogP contribution in [-0.4, -0.2) is 20.7 Å². The molecule has 3 heterocycles. The molecular weight excluding hydrogens is 320 g/mol. The third-order valence-corrected chi connectivity index (χ3v) is 3.89. The molecule has 1 amide bonds. The molecule has 0 saturated carbocycles. The van der Waals surface area contributed by atoms with Crippen LogP contribution in [0.3, 0.4) is 0 Å². The Bertz CT molecular complexity index is 1120.